The molecule has 0 fully saturated rings. The molecule has 0 unspecified atom stereocenters. The van der Waals surface area contributed by atoms with Crippen molar-refractivity contribution in [2.24, 2.45) is 11.1 Å². The predicted octanol–water partition coefficient (Wildman–Crippen LogP) is 2.92. The molecule has 0 saturated heterocycles. The summed E-state index contributed by atoms with van der Waals surface area (Å²) in [5.41, 5.74) is 5.55. The van der Waals surface area contributed by atoms with Gasteiger partial charge in [0.05, 0.1) is 5.02 Å². The summed E-state index contributed by atoms with van der Waals surface area (Å²) in [6, 6.07) is 5.26. The number of halogens is 2. The highest BCUT2D eigenvalue weighted by Crippen LogP contribution is 2.27. The molecule has 112 valence electrons. The van der Waals surface area contributed by atoms with Gasteiger partial charge in [0.25, 0.3) is 5.91 Å². The number of amides is 1. The number of ether oxygens (including phenoxy) is 1. The third-order valence-electron chi connectivity index (χ3n) is 2.89. The number of hydrogen-bond acceptors (Lipinski definition) is 3. The molecule has 0 atom stereocenters. The van der Waals surface area contributed by atoms with Crippen LogP contribution in [0.3, 0.4) is 0 Å². The number of hydrogen-bond donors (Lipinski definition) is 1. The number of benzene rings is 1. The summed E-state index contributed by atoms with van der Waals surface area (Å²) >= 11 is 9.34. The Hall–Kier alpha value is -0.780. The van der Waals surface area contributed by atoms with Gasteiger partial charge < -0.3 is 15.4 Å². The zero-order valence-corrected chi connectivity index (χ0v) is 14.3. The smallest absolute Gasteiger partial charge is 0.260 e. The van der Waals surface area contributed by atoms with Crippen molar-refractivity contribution >= 4 is 33.4 Å². The quantitative estimate of drug-likeness (QED) is 0.845. The fraction of sp³-hybridized carbons (Fsp3) is 0.500. The Kier molecular flexibility index (Phi) is 6.30. The Bertz CT molecular complexity index is 480. The van der Waals surface area contributed by atoms with Crippen LogP contribution < -0.4 is 10.5 Å². The van der Waals surface area contributed by atoms with Gasteiger partial charge in [-0.15, -0.1) is 0 Å². The number of carbonyl (C=O) groups excluding carboxylic acids is 1. The molecule has 1 amide bonds. The van der Waals surface area contributed by atoms with Crippen LogP contribution in [0.2, 0.25) is 5.02 Å². The molecule has 1 aromatic carbocycles. The van der Waals surface area contributed by atoms with Gasteiger partial charge in [-0.2, -0.15) is 0 Å². The van der Waals surface area contributed by atoms with E-state index >= 15 is 0 Å². The number of nitrogens with two attached hydrogens (primary N) is 1. The van der Waals surface area contributed by atoms with Crippen molar-refractivity contribution in [1.29, 1.82) is 0 Å². The maximum atomic E-state index is 12.0. The second-order valence-electron chi connectivity index (χ2n) is 5.48. The average Bonchev–Trinajstić information content (AvgIpc) is 2.36. The molecule has 0 aliphatic heterocycles. The second kappa shape index (κ2) is 7.29. The topological polar surface area (TPSA) is 55.6 Å². The molecule has 0 radical (unpaired) electrons. The van der Waals surface area contributed by atoms with Crippen molar-refractivity contribution in [3.05, 3.63) is 27.7 Å². The SMILES string of the molecule is CN(CC(C)(C)CN)C(=O)COc1ccc(Br)cc1Cl. The zero-order valence-electron chi connectivity index (χ0n) is 12.0. The Labute approximate surface area is 133 Å². The first-order valence-electron chi connectivity index (χ1n) is 6.27. The van der Waals surface area contributed by atoms with Gasteiger partial charge in [-0.25, -0.2) is 0 Å². The highest BCUT2D eigenvalue weighted by atomic mass is 79.9. The van der Waals surface area contributed by atoms with Gasteiger partial charge in [0.2, 0.25) is 0 Å². The standard InChI is InChI=1S/C14H20BrClN2O2/c1-14(2,8-17)9-18(3)13(19)7-20-12-5-4-10(15)6-11(12)16/h4-6H,7-9,17H2,1-3H3. The molecule has 0 aromatic heterocycles. The highest BCUT2D eigenvalue weighted by molar-refractivity contribution is 9.10. The molecule has 6 heteroatoms. The molecule has 0 spiro atoms. The fourth-order valence-corrected chi connectivity index (χ4v) is 2.36. The van der Waals surface area contributed by atoms with E-state index in [1.807, 2.05) is 19.9 Å². The third-order valence-corrected chi connectivity index (χ3v) is 3.68. The van der Waals surface area contributed by atoms with Gasteiger partial charge in [0.1, 0.15) is 5.75 Å². The highest BCUT2D eigenvalue weighted by Gasteiger charge is 2.21. The van der Waals surface area contributed by atoms with Gasteiger partial charge in [0.15, 0.2) is 6.61 Å². The predicted molar refractivity (Wildman–Crippen MR) is 85.1 cm³/mol. The molecule has 0 aliphatic carbocycles. The molecule has 1 aromatic rings. The summed E-state index contributed by atoms with van der Waals surface area (Å²) in [4.78, 5) is 13.6. The van der Waals surface area contributed by atoms with Crippen LogP contribution in [0.25, 0.3) is 0 Å². The summed E-state index contributed by atoms with van der Waals surface area (Å²) in [5.74, 6) is 0.389. The van der Waals surface area contributed by atoms with Crippen LogP contribution in [0, 0.1) is 5.41 Å². The molecule has 4 nitrogen and oxygen atoms in total. The fourth-order valence-electron chi connectivity index (χ4n) is 1.64. The lowest BCUT2D eigenvalue weighted by molar-refractivity contribution is -0.133. The summed E-state index contributed by atoms with van der Waals surface area (Å²) in [5, 5.41) is 0.470. The molecule has 20 heavy (non-hydrogen) atoms. The average molecular weight is 364 g/mol. The molecule has 0 aliphatic rings. The van der Waals surface area contributed by atoms with Gasteiger partial charge in [-0.3, -0.25) is 4.79 Å². The molecular weight excluding hydrogens is 344 g/mol. The van der Waals surface area contributed by atoms with E-state index < -0.39 is 0 Å². The first kappa shape index (κ1) is 17.3. The minimum atomic E-state index is -0.111. The van der Waals surface area contributed by atoms with E-state index in [1.54, 1.807) is 24.1 Å². The van der Waals surface area contributed by atoms with E-state index in [4.69, 9.17) is 22.1 Å². The van der Waals surface area contributed by atoms with E-state index in [1.165, 1.54) is 0 Å². The van der Waals surface area contributed by atoms with Crippen LogP contribution in [-0.2, 0) is 4.79 Å². The Morgan fingerprint density at radius 3 is 2.70 bits per heavy atom. The molecule has 0 bridgehead atoms. The largest absolute Gasteiger partial charge is 0.482 e. The number of carbonyl (C=O) groups is 1. The summed E-state index contributed by atoms with van der Waals surface area (Å²) in [6.45, 7) is 5.09. The maximum absolute atomic E-state index is 12.0. The van der Waals surface area contributed by atoms with Crippen molar-refractivity contribution in [3.8, 4) is 5.75 Å². The lowest BCUT2D eigenvalue weighted by Crippen LogP contribution is -2.41. The first-order valence-corrected chi connectivity index (χ1v) is 7.44. The number of rotatable bonds is 6. The summed E-state index contributed by atoms with van der Waals surface area (Å²) < 4.78 is 6.31. The Morgan fingerprint density at radius 2 is 2.15 bits per heavy atom. The van der Waals surface area contributed by atoms with Crippen molar-refractivity contribution < 1.29 is 9.53 Å². The molecular formula is C14H20BrClN2O2. The molecule has 1 rings (SSSR count). The number of nitrogens with zero attached hydrogens (tertiary/aromatic N) is 1. The summed E-state index contributed by atoms with van der Waals surface area (Å²) in [7, 11) is 1.74. The van der Waals surface area contributed by atoms with Gasteiger partial charge >= 0.3 is 0 Å². The van der Waals surface area contributed by atoms with Crippen LogP contribution in [0.15, 0.2) is 22.7 Å². The normalized spacial score (nSPS) is 11.3. The van der Waals surface area contributed by atoms with Crippen molar-refractivity contribution in [1.82, 2.24) is 4.90 Å². The zero-order chi connectivity index (χ0) is 15.3. The van der Waals surface area contributed by atoms with Gasteiger partial charge in [-0.05, 0) is 30.2 Å². The van der Waals surface area contributed by atoms with E-state index in [9.17, 15) is 4.79 Å². The van der Waals surface area contributed by atoms with Crippen LogP contribution in [0.4, 0.5) is 0 Å². The second-order valence-corrected chi connectivity index (χ2v) is 6.80. The van der Waals surface area contributed by atoms with E-state index in [-0.39, 0.29) is 17.9 Å². The number of likely N-dealkylation sites (N-methyl/N-ethyl adjacent to an activating group) is 1. The molecule has 2 N–H and O–H groups in total. The van der Waals surface area contributed by atoms with Crippen LogP contribution in [0.1, 0.15) is 13.8 Å². The molecule has 0 heterocycles. The minimum absolute atomic E-state index is 0.0432. The first-order chi connectivity index (χ1) is 9.25. The van der Waals surface area contributed by atoms with E-state index in [2.05, 4.69) is 15.9 Å². The van der Waals surface area contributed by atoms with Crippen molar-refractivity contribution in [2.45, 2.75) is 13.8 Å². The third kappa shape index (κ3) is 5.31. The van der Waals surface area contributed by atoms with Gasteiger partial charge in [-0.1, -0.05) is 41.4 Å². The van der Waals surface area contributed by atoms with E-state index in [0.29, 0.717) is 23.9 Å². The van der Waals surface area contributed by atoms with Crippen LogP contribution >= 0.6 is 27.5 Å². The Balaban J connectivity index is 2.54. The van der Waals surface area contributed by atoms with Gasteiger partial charge in [0, 0.05) is 18.1 Å². The van der Waals surface area contributed by atoms with Crippen molar-refractivity contribution in [2.75, 3.05) is 26.7 Å². The molecule has 0 saturated carbocycles. The Morgan fingerprint density at radius 1 is 1.50 bits per heavy atom. The summed E-state index contributed by atoms with van der Waals surface area (Å²) in [6.07, 6.45) is 0. The maximum Gasteiger partial charge on any atom is 0.260 e. The van der Waals surface area contributed by atoms with Crippen LogP contribution in [-0.4, -0.2) is 37.6 Å². The van der Waals surface area contributed by atoms with E-state index in [0.717, 1.165) is 4.47 Å². The lowest BCUT2D eigenvalue weighted by atomic mass is 9.93. The van der Waals surface area contributed by atoms with Crippen molar-refractivity contribution in [3.63, 3.8) is 0 Å². The lowest BCUT2D eigenvalue weighted by Gasteiger charge is -2.29. The minimum Gasteiger partial charge on any atom is -0.482 e. The monoisotopic (exact) mass is 362 g/mol. The van der Waals surface area contributed by atoms with Crippen LogP contribution in [0.5, 0.6) is 5.75 Å².